The lowest BCUT2D eigenvalue weighted by Gasteiger charge is -2.45. The molecular weight excluding hydrogens is 850 g/mol. The fraction of sp³-hybridized carbons (Fsp3) is 0.377. The minimum atomic E-state index is -3.47. The number of benzene rings is 5. The number of aromatic amines is 1. The van der Waals surface area contributed by atoms with Gasteiger partial charge in [0, 0.05) is 53.8 Å². The molecule has 0 unspecified atom stereocenters. The van der Waals surface area contributed by atoms with Crippen LogP contribution in [0.25, 0.3) is 10.9 Å². The van der Waals surface area contributed by atoms with Crippen LogP contribution in [-0.4, -0.2) is 80.5 Å². The first-order chi connectivity index (χ1) is 31.1. The van der Waals surface area contributed by atoms with Gasteiger partial charge in [-0.2, -0.15) is 0 Å². The van der Waals surface area contributed by atoms with Crippen LogP contribution in [0.3, 0.4) is 0 Å². The molecule has 8 rings (SSSR count). The van der Waals surface area contributed by atoms with Crippen LogP contribution < -0.4 is 10.4 Å². The monoisotopic (exact) mass is 907 g/mol. The number of likely N-dealkylation sites (tertiary alicyclic amines) is 1. The molecule has 0 bridgehead atoms. The molecule has 0 aliphatic carbocycles. The van der Waals surface area contributed by atoms with E-state index in [1.165, 1.54) is 17.0 Å². The van der Waals surface area contributed by atoms with E-state index in [0.717, 1.165) is 32.4 Å². The fourth-order valence-electron chi connectivity index (χ4n) is 10.2. The van der Waals surface area contributed by atoms with E-state index in [2.05, 4.69) is 4.98 Å². The summed E-state index contributed by atoms with van der Waals surface area (Å²) in [5.74, 6) is -6.87. The number of esters is 1. The van der Waals surface area contributed by atoms with Crippen molar-refractivity contribution in [2.24, 2.45) is 5.92 Å². The molecule has 0 radical (unpaired) electrons. The van der Waals surface area contributed by atoms with Crippen LogP contribution in [0.2, 0.25) is 5.04 Å². The first kappa shape index (κ1) is 46.4. The second kappa shape index (κ2) is 19.0. The lowest BCUT2D eigenvalue weighted by atomic mass is 9.85. The Bertz CT molecular complexity index is 2500. The Balaban J connectivity index is 1.16. The number of rotatable bonds is 16. The molecule has 1 aromatic heterocycles. The van der Waals surface area contributed by atoms with Gasteiger partial charge in [-0.1, -0.05) is 130 Å². The number of nitrogens with one attached hydrogen (secondary N) is 1. The highest BCUT2D eigenvalue weighted by atomic mass is 28.4. The first-order valence-corrected chi connectivity index (χ1v) is 24.5. The molecular formula is C53H58F5N3O3Si. The Hall–Kier alpha value is -5.14. The number of aromatic nitrogens is 1. The van der Waals surface area contributed by atoms with Crippen molar-refractivity contribution < 1.29 is 35.9 Å². The summed E-state index contributed by atoms with van der Waals surface area (Å²) < 4.78 is 94.7. The summed E-state index contributed by atoms with van der Waals surface area (Å²) in [6, 6.07) is 36.3. The largest absolute Gasteiger partial charge is 0.457 e. The third-order valence-corrected chi connectivity index (χ3v) is 18.5. The van der Waals surface area contributed by atoms with Gasteiger partial charge in [-0.05, 0) is 77.0 Å². The highest BCUT2D eigenvalue weighted by molar-refractivity contribution is 6.99. The number of H-pyrrole nitrogens is 1. The zero-order valence-electron chi connectivity index (χ0n) is 37.7. The number of fused-ring (bicyclic) bond motifs is 3. The van der Waals surface area contributed by atoms with Gasteiger partial charge in [-0.15, -0.1) is 0 Å². The summed E-state index contributed by atoms with van der Waals surface area (Å²) in [7, 11) is -3.38. The van der Waals surface area contributed by atoms with Crippen molar-refractivity contribution in [2.45, 2.75) is 82.5 Å². The van der Waals surface area contributed by atoms with E-state index in [4.69, 9.17) is 9.16 Å². The third-order valence-electron chi connectivity index (χ3n) is 13.5. The third kappa shape index (κ3) is 9.32. The molecule has 342 valence electrons. The van der Waals surface area contributed by atoms with Gasteiger partial charge in [0.05, 0.1) is 31.8 Å². The SMILES string of the molecule is C[C@H](C(=O)O[C@@H](c1cc(F)c([C@@H]2c3[nH]c4ccccc4c3C[C@@H](C)N2CC(F)(F)CO[Si](c2ccccc2)(c2ccccc2)C(C)(C)C)c(F)c1)C1CN(CCCF)C1)c1ccccc1. The second-order valence-electron chi connectivity index (χ2n) is 18.9. The van der Waals surface area contributed by atoms with E-state index >= 15 is 17.6 Å². The summed E-state index contributed by atoms with van der Waals surface area (Å²) in [4.78, 5) is 20.6. The predicted molar refractivity (Wildman–Crippen MR) is 249 cm³/mol. The number of carbonyl (C=O) groups excluding carboxylic acids is 1. The van der Waals surface area contributed by atoms with Crippen molar-refractivity contribution in [1.82, 2.24) is 14.8 Å². The molecule has 1 fully saturated rings. The fourth-order valence-corrected chi connectivity index (χ4v) is 14.8. The molecule has 2 aliphatic heterocycles. The van der Waals surface area contributed by atoms with Crippen LogP contribution in [0, 0.1) is 17.6 Å². The number of para-hydroxylation sites is 1. The molecule has 0 spiro atoms. The van der Waals surface area contributed by atoms with Crippen LogP contribution in [0.5, 0.6) is 0 Å². The summed E-state index contributed by atoms with van der Waals surface area (Å²) >= 11 is 0. The number of carbonyl (C=O) groups is 1. The average Bonchev–Trinajstić information content (AvgIpc) is 3.64. The zero-order valence-corrected chi connectivity index (χ0v) is 38.7. The number of nitrogens with zero attached hydrogens (tertiary/aromatic N) is 2. The van der Waals surface area contributed by atoms with Crippen LogP contribution in [0.1, 0.15) is 87.1 Å². The molecule has 4 atom stereocenters. The number of hydrogen-bond donors (Lipinski definition) is 1. The van der Waals surface area contributed by atoms with Crippen LogP contribution in [0.4, 0.5) is 22.0 Å². The molecule has 5 aromatic carbocycles. The zero-order chi connectivity index (χ0) is 46.1. The van der Waals surface area contributed by atoms with Gasteiger partial charge >= 0.3 is 5.97 Å². The van der Waals surface area contributed by atoms with Gasteiger partial charge in [0.1, 0.15) is 17.7 Å². The molecule has 6 nitrogen and oxygen atoms in total. The number of alkyl halides is 3. The van der Waals surface area contributed by atoms with E-state index in [9.17, 15) is 9.18 Å². The molecule has 0 amide bonds. The van der Waals surface area contributed by atoms with Gasteiger partial charge in [0.2, 0.25) is 0 Å². The highest BCUT2D eigenvalue weighted by Crippen LogP contribution is 2.46. The lowest BCUT2D eigenvalue weighted by Crippen LogP contribution is -2.67. The average molecular weight is 908 g/mol. The molecule has 2 aliphatic rings. The predicted octanol–water partition coefficient (Wildman–Crippen LogP) is 10.7. The van der Waals surface area contributed by atoms with Crippen LogP contribution >= 0.6 is 0 Å². The number of ether oxygens (including phenoxy) is 1. The summed E-state index contributed by atoms with van der Waals surface area (Å²) in [5, 5.41) is 2.02. The van der Waals surface area contributed by atoms with Gasteiger partial charge in [-0.3, -0.25) is 14.1 Å². The van der Waals surface area contributed by atoms with E-state index in [1.54, 1.807) is 6.92 Å². The Labute approximate surface area is 379 Å². The quantitative estimate of drug-likeness (QED) is 0.0596. The smallest absolute Gasteiger partial charge is 0.313 e. The van der Waals surface area contributed by atoms with E-state index in [0.29, 0.717) is 38.2 Å². The molecule has 1 saturated heterocycles. The highest BCUT2D eigenvalue weighted by Gasteiger charge is 2.53. The van der Waals surface area contributed by atoms with Crippen LogP contribution in [-0.2, 0) is 20.4 Å². The van der Waals surface area contributed by atoms with Crippen LogP contribution in [0.15, 0.2) is 127 Å². The molecule has 3 heterocycles. The maximum Gasteiger partial charge on any atom is 0.313 e. The lowest BCUT2D eigenvalue weighted by molar-refractivity contribution is -0.158. The summed E-state index contributed by atoms with van der Waals surface area (Å²) in [5.41, 5.74) is 2.48. The molecule has 12 heteroatoms. The number of halogens is 5. The molecule has 6 aromatic rings. The van der Waals surface area contributed by atoms with E-state index < -0.39 is 80.8 Å². The normalized spacial score (nSPS) is 18.6. The van der Waals surface area contributed by atoms with E-state index in [-0.39, 0.29) is 17.0 Å². The maximum absolute atomic E-state index is 17.3. The number of hydrogen-bond acceptors (Lipinski definition) is 5. The first-order valence-electron chi connectivity index (χ1n) is 22.6. The van der Waals surface area contributed by atoms with Gasteiger partial charge in [0.25, 0.3) is 14.2 Å². The van der Waals surface area contributed by atoms with Gasteiger partial charge in [0.15, 0.2) is 0 Å². The minimum Gasteiger partial charge on any atom is -0.457 e. The second-order valence-corrected chi connectivity index (χ2v) is 23.3. The Morgan fingerprint density at radius 2 is 1.40 bits per heavy atom. The van der Waals surface area contributed by atoms with Crippen molar-refractivity contribution in [1.29, 1.82) is 0 Å². The van der Waals surface area contributed by atoms with E-state index in [1.807, 2.05) is 148 Å². The van der Waals surface area contributed by atoms with Crippen molar-refractivity contribution in [3.05, 3.63) is 167 Å². The van der Waals surface area contributed by atoms with Crippen molar-refractivity contribution >= 4 is 35.6 Å². The molecule has 0 saturated carbocycles. The maximum atomic E-state index is 17.3. The van der Waals surface area contributed by atoms with Gasteiger partial charge < -0.3 is 19.0 Å². The topological polar surface area (TPSA) is 57.8 Å². The van der Waals surface area contributed by atoms with Crippen molar-refractivity contribution in [3.8, 4) is 0 Å². The Morgan fingerprint density at radius 1 is 0.831 bits per heavy atom. The summed E-state index contributed by atoms with van der Waals surface area (Å²) in [6.07, 6.45) is -0.306. The minimum absolute atomic E-state index is 0.129. The Morgan fingerprint density at radius 3 is 1.98 bits per heavy atom. The van der Waals surface area contributed by atoms with Crippen molar-refractivity contribution in [2.75, 3.05) is 39.5 Å². The molecule has 65 heavy (non-hydrogen) atoms. The van der Waals surface area contributed by atoms with Gasteiger partial charge in [-0.25, -0.2) is 17.6 Å². The summed E-state index contributed by atoms with van der Waals surface area (Å²) in [6.45, 7) is 8.77. The molecule has 1 N–H and O–H groups in total. The Kier molecular flexibility index (Phi) is 13.6. The standard InChI is InChI=1S/C53H58F5N3O3Si/c1-35-28-43-42-24-15-16-25-46(42)59-48(43)49(61(35)33-53(57,58)34-63-65(52(3,4)5,40-20-11-7-12-21-40)41-22-13-8-14-23-41)47-44(55)29-38(30-45(47)56)50(39-31-60(32-39)27-17-26-54)64-51(62)36(2)37-18-9-6-10-19-37/h6-16,18-25,29-30,35-36,39,49-50,59H,17,26-28,31-34H2,1-5H3/t35-,36+,49-,50+/m1/s1. The van der Waals surface area contributed by atoms with Crippen molar-refractivity contribution in [3.63, 3.8) is 0 Å².